The van der Waals surface area contributed by atoms with E-state index in [0.717, 1.165) is 10.8 Å². The quantitative estimate of drug-likeness (QED) is 0.0793. The number of carbonyl (C=O) groups is 1. The van der Waals surface area contributed by atoms with Crippen LogP contribution >= 0.6 is 0 Å². The normalized spacial score (nSPS) is 13.4. The molecule has 2 heterocycles. The maximum Gasteiger partial charge on any atom is 0.258 e. The van der Waals surface area contributed by atoms with E-state index in [4.69, 9.17) is 18.3 Å². The highest BCUT2D eigenvalue weighted by Gasteiger charge is 2.38. The van der Waals surface area contributed by atoms with E-state index in [2.05, 4.69) is 72.7 Å². The van der Waals surface area contributed by atoms with E-state index >= 15 is 4.79 Å². The van der Waals surface area contributed by atoms with Crippen LogP contribution in [0.1, 0.15) is 75.9 Å². The summed E-state index contributed by atoms with van der Waals surface area (Å²) in [7, 11) is -0.225. The third kappa shape index (κ3) is 10.1. The molecule has 2 atom stereocenters. The molecule has 5 rings (SSSR count). The number of aromatic nitrogens is 2. The molecule has 0 aliphatic rings. The topological polar surface area (TPSA) is 133 Å². The van der Waals surface area contributed by atoms with Crippen LogP contribution in [0.5, 0.6) is 11.5 Å². The summed E-state index contributed by atoms with van der Waals surface area (Å²) in [5, 5.41) is 23.2. The summed E-state index contributed by atoms with van der Waals surface area (Å²) in [6, 6.07) is 17.9. The molecule has 2 aromatic heterocycles. The predicted octanol–water partition coefficient (Wildman–Crippen LogP) is 8.17. The predicted molar refractivity (Wildman–Crippen MR) is 237 cm³/mol. The van der Waals surface area contributed by atoms with E-state index in [1.807, 2.05) is 42.5 Å². The molecule has 0 saturated heterocycles. The first kappa shape index (κ1) is 44.7. The number of para-hydroxylation sites is 1. The van der Waals surface area contributed by atoms with Crippen LogP contribution in [0.3, 0.4) is 0 Å². The number of aliphatic hydroxyl groups is 2. The van der Waals surface area contributed by atoms with Crippen molar-refractivity contribution in [2.24, 2.45) is 10.8 Å². The van der Waals surface area contributed by atoms with Crippen molar-refractivity contribution in [3.8, 4) is 28.4 Å². The smallest absolute Gasteiger partial charge is 0.258 e. The summed E-state index contributed by atoms with van der Waals surface area (Å²) in [6.45, 7) is 20.6. The first-order valence-electron chi connectivity index (χ1n) is 20.0. The fourth-order valence-electron chi connectivity index (χ4n) is 7.56. The van der Waals surface area contributed by atoms with Gasteiger partial charge in [-0.25, -0.2) is 4.98 Å². The van der Waals surface area contributed by atoms with E-state index in [0.29, 0.717) is 63.3 Å². The molecule has 2 unspecified atom stereocenters. The van der Waals surface area contributed by atoms with Crippen LogP contribution in [0.15, 0.2) is 71.7 Å². The third-order valence-electron chi connectivity index (χ3n) is 9.88. The molecule has 0 fully saturated rings. The lowest BCUT2D eigenvalue weighted by Crippen LogP contribution is -2.54. The number of hydrogen-bond acceptors (Lipinski definition) is 9. The SMILES string of the molecule is COc1cc2cc(CO)c(CO)c(-c3ccnc(-n4c(=O)cc(C(=O)N(C(CC(C)(C)C)O[SiH](C)C)C(CC(C)(C)C)O[SiH](C)C)c5ccccc54)c3)c2cc1OC. The monoisotopic (exact) mass is 827 g/mol. The number of hydrogen-bond donors (Lipinski definition) is 2. The number of pyridine rings is 2. The number of carbonyl (C=O) groups excluding carboxylic acids is 1. The van der Waals surface area contributed by atoms with Gasteiger partial charge in [0.15, 0.2) is 29.6 Å². The van der Waals surface area contributed by atoms with Crippen LogP contribution in [0.25, 0.3) is 38.6 Å². The molecule has 5 aromatic rings. The minimum Gasteiger partial charge on any atom is -0.493 e. The maximum absolute atomic E-state index is 15.3. The molecule has 0 saturated carbocycles. The number of fused-ring (bicyclic) bond motifs is 2. The van der Waals surface area contributed by atoms with E-state index in [-0.39, 0.29) is 35.5 Å². The number of aliphatic hydroxyl groups excluding tert-OH is 2. The zero-order valence-corrected chi connectivity index (χ0v) is 38.5. The Morgan fingerprint density at radius 2 is 1.38 bits per heavy atom. The standard InChI is InChI=1S/C45H61N3O8Si2/c1-44(2,3)24-40(55-57(9)10)48(41(56-58(11)12)25-45(4,5)6)43(52)33-23-39(51)47(35-16-14-13-15-31(33)35)38-21-28(17-18-46-38)42-32-22-37(54-8)36(53-7)20-29(32)19-30(26-49)34(42)27-50/h13-23,40-41,49-50,57-58H,24-27H2,1-12H3. The molecule has 0 spiro atoms. The van der Waals surface area contributed by atoms with Gasteiger partial charge < -0.3 is 28.5 Å². The van der Waals surface area contributed by atoms with Gasteiger partial charge in [0.1, 0.15) is 18.3 Å². The van der Waals surface area contributed by atoms with Crippen molar-refractivity contribution >= 4 is 45.7 Å². The zero-order chi connectivity index (χ0) is 42.7. The van der Waals surface area contributed by atoms with Crippen molar-refractivity contribution in [3.05, 3.63) is 93.9 Å². The van der Waals surface area contributed by atoms with E-state index in [1.54, 1.807) is 37.4 Å². The zero-order valence-electron chi connectivity index (χ0n) is 36.2. The molecule has 3 aromatic carbocycles. The van der Waals surface area contributed by atoms with Crippen LogP contribution in [-0.4, -0.2) is 75.3 Å². The van der Waals surface area contributed by atoms with Crippen molar-refractivity contribution in [3.63, 3.8) is 0 Å². The van der Waals surface area contributed by atoms with Gasteiger partial charge in [0.05, 0.1) is 38.5 Å². The Kier molecular flexibility index (Phi) is 14.1. The number of methoxy groups -OCH3 is 2. The Labute approximate surface area is 346 Å². The van der Waals surface area contributed by atoms with Gasteiger partial charge in [0.25, 0.3) is 11.5 Å². The molecule has 1 amide bonds. The molecule has 0 aliphatic carbocycles. The molecule has 13 heteroatoms. The molecule has 0 aliphatic heterocycles. The number of benzene rings is 3. The Hall–Kier alpha value is -4.38. The van der Waals surface area contributed by atoms with Gasteiger partial charge in [0.2, 0.25) is 0 Å². The first-order valence-corrected chi connectivity index (χ1v) is 25.5. The van der Waals surface area contributed by atoms with Gasteiger partial charge in [-0.15, -0.1) is 0 Å². The largest absolute Gasteiger partial charge is 0.493 e. The summed E-state index contributed by atoms with van der Waals surface area (Å²) >= 11 is 0. The Balaban J connectivity index is 1.76. The number of nitrogens with zero attached hydrogens (tertiary/aromatic N) is 3. The maximum atomic E-state index is 15.3. The van der Waals surface area contributed by atoms with Crippen molar-refractivity contribution < 1.29 is 33.3 Å². The molecule has 0 radical (unpaired) electrons. The van der Waals surface area contributed by atoms with Crippen molar-refractivity contribution in [1.29, 1.82) is 0 Å². The lowest BCUT2D eigenvalue weighted by atomic mass is 9.88. The summed E-state index contributed by atoms with van der Waals surface area (Å²) < 4.78 is 26.2. The van der Waals surface area contributed by atoms with Crippen LogP contribution in [0.4, 0.5) is 0 Å². The summed E-state index contributed by atoms with van der Waals surface area (Å²) in [4.78, 5) is 36.4. The molecule has 0 bridgehead atoms. The fourth-order valence-corrected chi connectivity index (χ4v) is 9.27. The molecular formula is C45H61N3O8Si2. The van der Waals surface area contributed by atoms with E-state index in [1.165, 1.54) is 10.6 Å². The lowest BCUT2D eigenvalue weighted by molar-refractivity contribution is -0.0816. The second kappa shape index (κ2) is 18.3. The van der Waals surface area contributed by atoms with Gasteiger partial charge in [-0.2, -0.15) is 0 Å². The number of ether oxygens (including phenoxy) is 2. The van der Waals surface area contributed by atoms with Gasteiger partial charge in [-0.3, -0.25) is 19.1 Å². The molecule has 312 valence electrons. The second-order valence-corrected chi connectivity index (χ2v) is 22.5. The van der Waals surface area contributed by atoms with Crippen LogP contribution in [0, 0.1) is 10.8 Å². The molecular weight excluding hydrogens is 767 g/mol. The van der Waals surface area contributed by atoms with Gasteiger partial charge >= 0.3 is 0 Å². The highest BCUT2D eigenvalue weighted by molar-refractivity contribution is 6.48. The average molecular weight is 828 g/mol. The van der Waals surface area contributed by atoms with Crippen LogP contribution in [-0.2, 0) is 22.1 Å². The highest BCUT2D eigenvalue weighted by atomic mass is 28.3. The minimum absolute atomic E-state index is 0.175. The van der Waals surface area contributed by atoms with Crippen molar-refractivity contribution in [2.75, 3.05) is 14.2 Å². The Bertz CT molecular complexity index is 2280. The lowest BCUT2D eigenvalue weighted by Gasteiger charge is -2.43. The van der Waals surface area contributed by atoms with Gasteiger partial charge in [0, 0.05) is 17.6 Å². The summed E-state index contributed by atoms with van der Waals surface area (Å²) in [5.74, 6) is 1.02. The Morgan fingerprint density at radius 1 is 0.793 bits per heavy atom. The van der Waals surface area contributed by atoms with Crippen molar-refractivity contribution in [1.82, 2.24) is 14.5 Å². The summed E-state index contributed by atoms with van der Waals surface area (Å²) in [6.07, 6.45) is 1.64. The molecule has 2 N–H and O–H groups in total. The first-order chi connectivity index (χ1) is 27.3. The molecule has 11 nitrogen and oxygen atoms in total. The number of amides is 1. The fraction of sp³-hybridized carbons (Fsp3) is 0.444. The Morgan fingerprint density at radius 3 is 1.91 bits per heavy atom. The van der Waals surface area contributed by atoms with E-state index < -0.39 is 36.1 Å². The third-order valence-corrected chi connectivity index (χ3v) is 11.6. The van der Waals surface area contributed by atoms with Crippen LogP contribution < -0.4 is 15.0 Å². The molecule has 58 heavy (non-hydrogen) atoms. The van der Waals surface area contributed by atoms with Gasteiger partial charge in [-0.1, -0.05) is 59.7 Å². The minimum atomic E-state index is -1.67. The van der Waals surface area contributed by atoms with E-state index in [9.17, 15) is 15.0 Å². The van der Waals surface area contributed by atoms with Gasteiger partial charge in [-0.05, 0) is 119 Å². The summed E-state index contributed by atoms with van der Waals surface area (Å²) in [5.41, 5.74) is 2.38. The second-order valence-electron chi connectivity index (χ2n) is 17.8. The van der Waals surface area contributed by atoms with Crippen molar-refractivity contribution in [2.45, 2.75) is 106 Å². The highest BCUT2D eigenvalue weighted by Crippen LogP contribution is 2.41. The van der Waals surface area contributed by atoms with Crippen LogP contribution in [0.2, 0.25) is 26.2 Å². The average Bonchev–Trinajstić information content (AvgIpc) is 3.14. The number of rotatable bonds is 15.